The van der Waals surface area contributed by atoms with Crippen molar-refractivity contribution >= 4 is 34.8 Å². The summed E-state index contributed by atoms with van der Waals surface area (Å²) in [4.78, 5) is 20.0. The van der Waals surface area contributed by atoms with Crippen molar-refractivity contribution in [3.8, 4) is 17.0 Å². The Balaban J connectivity index is 0.000000406. The van der Waals surface area contributed by atoms with Crippen LogP contribution in [0.2, 0.25) is 5.02 Å². The number of phenolic OH excluding ortho intramolecular Hbond substituents is 1. The van der Waals surface area contributed by atoms with Crippen LogP contribution in [0.4, 0.5) is 23.6 Å². The SMILES string of the molecule is CCN1CCC[C@@H](Nc2nc3nc(-c4c(O)cc(Cl)cc4F)ccc3o2)C1.O=C(O)C(F)(F)F. The van der Waals surface area contributed by atoms with E-state index in [0.29, 0.717) is 17.2 Å². The fourth-order valence-corrected chi connectivity index (χ4v) is 3.67. The summed E-state index contributed by atoms with van der Waals surface area (Å²) < 4.78 is 51.7. The van der Waals surface area contributed by atoms with Gasteiger partial charge in [0.15, 0.2) is 5.58 Å². The number of aromatic nitrogens is 2. The summed E-state index contributed by atoms with van der Waals surface area (Å²) in [5, 5.41) is 20.6. The summed E-state index contributed by atoms with van der Waals surface area (Å²) in [5.74, 6) is -3.67. The number of alkyl halides is 3. The van der Waals surface area contributed by atoms with Crippen LogP contribution < -0.4 is 5.32 Å². The first kappa shape index (κ1) is 25.5. The molecule has 0 bridgehead atoms. The molecule has 1 saturated heterocycles. The fraction of sp³-hybridized carbons (Fsp3) is 0.381. The number of rotatable bonds is 4. The molecule has 1 atom stereocenters. The zero-order valence-electron chi connectivity index (χ0n) is 17.9. The third-order valence-electron chi connectivity index (χ3n) is 5.07. The molecule has 0 saturated carbocycles. The fourth-order valence-electron chi connectivity index (χ4n) is 3.47. The minimum atomic E-state index is -5.08. The largest absolute Gasteiger partial charge is 0.507 e. The molecule has 4 rings (SSSR count). The number of hydrogen-bond donors (Lipinski definition) is 3. The molecular formula is C21H21ClF4N4O4. The van der Waals surface area contributed by atoms with Crippen LogP contribution >= 0.6 is 11.6 Å². The van der Waals surface area contributed by atoms with Crippen molar-refractivity contribution < 1.29 is 37.0 Å². The molecule has 1 fully saturated rings. The van der Waals surface area contributed by atoms with Crippen LogP contribution in [-0.2, 0) is 4.79 Å². The number of halogens is 5. The van der Waals surface area contributed by atoms with E-state index in [0.717, 1.165) is 38.5 Å². The Labute approximate surface area is 196 Å². The number of hydrogen-bond acceptors (Lipinski definition) is 7. The third-order valence-corrected chi connectivity index (χ3v) is 5.28. The van der Waals surface area contributed by atoms with Crippen molar-refractivity contribution in [1.29, 1.82) is 0 Å². The van der Waals surface area contributed by atoms with Crippen molar-refractivity contribution in [2.24, 2.45) is 0 Å². The van der Waals surface area contributed by atoms with Crippen molar-refractivity contribution in [2.45, 2.75) is 32.0 Å². The normalized spacial score (nSPS) is 16.7. The lowest BCUT2D eigenvalue weighted by Gasteiger charge is -2.31. The third kappa shape index (κ3) is 6.26. The lowest BCUT2D eigenvalue weighted by atomic mass is 10.1. The molecule has 0 radical (unpaired) electrons. The summed E-state index contributed by atoms with van der Waals surface area (Å²) >= 11 is 5.76. The molecular weight excluding hydrogens is 484 g/mol. The summed E-state index contributed by atoms with van der Waals surface area (Å²) in [7, 11) is 0. The van der Waals surface area contributed by atoms with Gasteiger partial charge < -0.3 is 24.8 Å². The van der Waals surface area contributed by atoms with Gasteiger partial charge in [-0.1, -0.05) is 18.5 Å². The number of carboxylic acid groups (broad SMARTS) is 1. The molecule has 1 aliphatic rings. The van der Waals surface area contributed by atoms with Gasteiger partial charge in [-0.05, 0) is 50.2 Å². The van der Waals surface area contributed by atoms with Gasteiger partial charge in [-0.25, -0.2) is 14.2 Å². The van der Waals surface area contributed by atoms with Crippen LogP contribution in [0, 0.1) is 5.82 Å². The molecule has 0 spiro atoms. The minimum absolute atomic E-state index is 0.00956. The maximum atomic E-state index is 14.2. The lowest BCUT2D eigenvalue weighted by Crippen LogP contribution is -2.41. The molecule has 3 aromatic rings. The highest BCUT2D eigenvalue weighted by Crippen LogP contribution is 2.34. The number of aromatic hydroxyl groups is 1. The number of carboxylic acids is 1. The summed E-state index contributed by atoms with van der Waals surface area (Å²) in [6, 6.07) is 6.35. The monoisotopic (exact) mass is 504 g/mol. The lowest BCUT2D eigenvalue weighted by molar-refractivity contribution is -0.192. The van der Waals surface area contributed by atoms with Gasteiger partial charge in [-0.3, -0.25) is 0 Å². The van der Waals surface area contributed by atoms with Crippen molar-refractivity contribution in [1.82, 2.24) is 14.9 Å². The highest BCUT2D eigenvalue weighted by Gasteiger charge is 2.38. The smallest absolute Gasteiger partial charge is 0.490 e. The van der Waals surface area contributed by atoms with Gasteiger partial charge in [0.25, 0.3) is 6.01 Å². The number of aliphatic carboxylic acids is 1. The predicted molar refractivity (Wildman–Crippen MR) is 116 cm³/mol. The van der Waals surface area contributed by atoms with Gasteiger partial charge >= 0.3 is 12.1 Å². The van der Waals surface area contributed by atoms with Gasteiger partial charge in [0, 0.05) is 17.6 Å². The number of likely N-dealkylation sites (tertiary alicyclic amines) is 1. The van der Waals surface area contributed by atoms with Gasteiger partial charge in [0.2, 0.25) is 5.65 Å². The molecule has 3 N–H and O–H groups in total. The van der Waals surface area contributed by atoms with E-state index in [1.165, 1.54) is 6.07 Å². The topological polar surface area (TPSA) is 112 Å². The second-order valence-corrected chi connectivity index (χ2v) is 7.94. The van der Waals surface area contributed by atoms with Crippen LogP contribution in [-0.4, -0.2) is 62.9 Å². The number of carbonyl (C=O) groups is 1. The van der Waals surface area contributed by atoms with E-state index in [2.05, 4.69) is 27.1 Å². The number of fused-ring (bicyclic) bond motifs is 1. The number of benzene rings is 1. The second kappa shape index (κ2) is 10.4. The van der Waals surface area contributed by atoms with E-state index in [1.54, 1.807) is 12.1 Å². The Morgan fingerprint density at radius 1 is 1.32 bits per heavy atom. The highest BCUT2D eigenvalue weighted by molar-refractivity contribution is 6.30. The van der Waals surface area contributed by atoms with Crippen molar-refractivity contribution in [3.63, 3.8) is 0 Å². The second-order valence-electron chi connectivity index (χ2n) is 7.50. The Morgan fingerprint density at radius 2 is 2.03 bits per heavy atom. The minimum Gasteiger partial charge on any atom is -0.507 e. The van der Waals surface area contributed by atoms with Crippen molar-refractivity contribution in [3.05, 3.63) is 35.1 Å². The molecule has 0 unspecified atom stereocenters. The molecule has 0 aliphatic carbocycles. The zero-order chi connectivity index (χ0) is 25.0. The number of piperidine rings is 1. The average molecular weight is 505 g/mol. The standard InChI is InChI=1S/C19H20ClFN4O2.C2HF3O2/c1-2-25-7-3-4-12(10-25)22-19-24-18-16(27-19)6-5-14(23-18)17-13(21)8-11(20)9-15(17)26;3-2(4,5)1(6)7/h5-6,8-9,12,26H,2-4,7,10H2,1H3,(H,22,23,24);(H,6,7)/t12-;/m1./s1. The Kier molecular flexibility index (Phi) is 7.82. The maximum absolute atomic E-state index is 14.2. The Bertz CT molecular complexity index is 1150. The Hall–Kier alpha value is -3.12. The number of nitrogens with zero attached hydrogens (tertiary/aromatic N) is 3. The number of likely N-dealkylation sites (N-methyl/N-ethyl adjacent to an activating group) is 1. The number of phenols is 1. The first-order valence-corrected chi connectivity index (χ1v) is 10.6. The van der Waals surface area contributed by atoms with E-state index < -0.39 is 18.0 Å². The van der Waals surface area contributed by atoms with Gasteiger partial charge in [-0.2, -0.15) is 18.2 Å². The van der Waals surface area contributed by atoms with E-state index in [4.69, 9.17) is 25.9 Å². The molecule has 1 aromatic carbocycles. The molecule has 13 heteroatoms. The molecule has 3 heterocycles. The average Bonchev–Trinajstić information content (AvgIpc) is 3.14. The van der Waals surface area contributed by atoms with Crippen LogP contribution in [0.5, 0.6) is 5.75 Å². The van der Waals surface area contributed by atoms with Crippen LogP contribution in [0.3, 0.4) is 0 Å². The van der Waals surface area contributed by atoms with E-state index in [9.17, 15) is 22.7 Å². The number of oxazole rings is 1. The molecule has 34 heavy (non-hydrogen) atoms. The molecule has 184 valence electrons. The molecule has 0 amide bonds. The van der Waals surface area contributed by atoms with Crippen LogP contribution in [0.1, 0.15) is 19.8 Å². The zero-order valence-corrected chi connectivity index (χ0v) is 18.6. The first-order chi connectivity index (χ1) is 16.0. The summed E-state index contributed by atoms with van der Waals surface area (Å²) in [6.45, 7) is 5.23. The molecule has 1 aliphatic heterocycles. The summed E-state index contributed by atoms with van der Waals surface area (Å²) in [6.07, 6.45) is -2.90. The first-order valence-electron chi connectivity index (χ1n) is 10.2. The maximum Gasteiger partial charge on any atom is 0.490 e. The predicted octanol–water partition coefficient (Wildman–Crippen LogP) is 4.92. The quantitative estimate of drug-likeness (QED) is 0.429. The highest BCUT2D eigenvalue weighted by atomic mass is 35.5. The van der Waals surface area contributed by atoms with Gasteiger partial charge in [0.05, 0.1) is 11.3 Å². The van der Waals surface area contributed by atoms with Gasteiger partial charge in [-0.15, -0.1) is 0 Å². The number of nitrogens with one attached hydrogen (secondary N) is 1. The van der Waals surface area contributed by atoms with E-state index >= 15 is 0 Å². The van der Waals surface area contributed by atoms with E-state index in [-0.39, 0.29) is 28.1 Å². The van der Waals surface area contributed by atoms with E-state index in [1.807, 2.05) is 0 Å². The molecule has 8 nitrogen and oxygen atoms in total. The number of pyridine rings is 1. The van der Waals surface area contributed by atoms with Gasteiger partial charge in [0.1, 0.15) is 11.6 Å². The van der Waals surface area contributed by atoms with Crippen LogP contribution in [0.15, 0.2) is 28.7 Å². The molecule has 2 aromatic heterocycles. The van der Waals surface area contributed by atoms with Crippen LogP contribution in [0.25, 0.3) is 22.5 Å². The van der Waals surface area contributed by atoms with Crippen molar-refractivity contribution in [2.75, 3.05) is 25.0 Å². The Morgan fingerprint density at radius 3 is 2.65 bits per heavy atom. The summed E-state index contributed by atoms with van der Waals surface area (Å²) in [5.41, 5.74) is 1.11. The number of anilines is 1.